The number of amidine groups is 1. The molecule has 1 amide bonds. The van der Waals surface area contributed by atoms with Crippen LogP contribution in [0.3, 0.4) is 0 Å². The number of carbonyl (C=O) groups is 1. The van der Waals surface area contributed by atoms with Crippen molar-refractivity contribution < 1.29 is 14.3 Å². The minimum Gasteiger partial charge on any atom is -0.497 e. The maximum atomic E-state index is 12.9. The van der Waals surface area contributed by atoms with Crippen molar-refractivity contribution in [2.75, 3.05) is 13.7 Å². The Kier molecular flexibility index (Phi) is 7.37. The second-order valence-electron chi connectivity index (χ2n) is 7.24. The van der Waals surface area contributed by atoms with Crippen LogP contribution in [0, 0.1) is 0 Å². The first-order valence-corrected chi connectivity index (χ1v) is 11.7. The zero-order valence-corrected chi connectivity index (χ0v) is 19.9. The molecule has 0 bridgehead atoms. The third-order valence-electron chi connectivity index (χ3n) is 5.00. The molecule has 3 aromatic carbocycles. The molecule has 0 spiro atoms. The zero-order chi connectivity index (χ0) is 23.2. The third kappa shape index (κ3) is 5.78. The van der Waals surface area contributed by atoms with Crippen molar-refractivity contribution in [1.29, 1.82) is 0 Å². The minimum absolute atomic E-state index is 0.0437. The average Bonchev–Trinajstić information content (AvgIpc) is 3.13. The Bertz CT molecular complexity index is 1170. The van der Waals surface area contributed by atoms with E-state index in [1.54, 1.807) is 12.0 Å². The van der Waals surface area contributed by atoms with Gasteiger partial charge >= 0.3 is 0 Å². The molecular formula is C26H23ClN2O3S. The van der Waals surface area contributed by atoms with Crippen molar-refractivity contribution in [3.8, 4) is 11.5 Å². The Morgan fingerprint density at radius 1 is 0.970 bits per heavy atom. The van der Waals surface area contributed by atoms with Crippen LogP contribution in [0.25, 0.3) is 6.08 Å². The molecule has 4 rings (SSSR count). The number of hydrogen-bond donors (Lipinski definition) is 0. The van der Waals surface area contributed by atoms with E-state index in [0.717, 1.165) is 28.3 Å². The van der Waals surface area contributed by atoms with E-state index < -0.39 is 0 Å². The largest absolute Gasteiger partial charge is 0.497 e. The van der Waals surface area contributed by atoms with Crippen molar-refractivity contribution in [2.45, 2.75) is 13.5 Å². The van der Waals surface area contributed by atoms with Gasteiger partial charge in [-0.3, -0.25) is 9.69 Å². The van der Waals surface area contributed by atoms with Gasteiger partial charge in [0.1, 0.15) is 18.1 Å². The van der Waals surface area contributed by atoms with Gasteiger partial charge in [0.25, 0.3) is 5.91 Å². The molecule has 0 N–H and O–H groups in total. The van der Waals surface area contributed by atoms with Crippen molar-refractivity contribution in [3.63, 3.8) is 0 Å². The fraction of sp³-hybridized carbons (Fsp3) is 0.154. The van der Waals surface area contributed by atoms with Crippen LogP contribution in [0.4, 0.5) is 5.69 Å². The maximum Gasteiger partial charge on any atom is 0.266 e. The zero-order valence-electron chi connectivity index (χ0n) is 18.3. The number of nitrogens with zero attached hydrogens (tertiary/aromatic N) is 2. The lowest BCUT2D eigenvalue weighted by atomic mass is 10.2. The van der Waals surface area contributed by atoms with Crippen molar-refractivity contribution in [2.24, 2.45) is 4.99 Å². The molecule has 0 saturated carbocycles. The Labute approximate surface area is 202 Å². The Balaban J connectivity index is 1.45. The molecule has 5 nitrogen and oxygen atoms in total. The molecule has 168 valence electrons. The number of ether oxygens (including phenoxy) is 2. The number of halogens is 1. The van der Waals surface area contributed by atoms with Crippen molar-refractivity contribution >= 4 is 46.2 Å². The SMILES string of the molecule is CCN1C(=O)/C(=C\c2ccc(OCc3ccc(Cl)cc3)cc2)SC1=Nc1ccc(OC)cc1. The van der Waals surface area contributed by atoms with E-state index in [-0.39, 0.29) is 5.91 Å². The summed E-state index contributed by atoms with van der Waals surface area (Å²) >= 11 is 7.30. The molecule has 3 aromatic rings. The fourth-order valence-electron chi connectivity index (χ4n) is 3.20. The topological polar surface area (TPSA) is 51.1 Å². The van der Waals surface area contributed by atoms with Gasteiger partial charge in [-0.05, 0) is 84.4 Å². The number of hydrogen-bond acceptors (Lipinski definition) is 5. The number of aliphatic imine (C=N–C) groups is 1. The molecule has 0 unspecified atom stereocenters. The van der Waals surface area contributed by atoms with Crippen LogP contribution >= 0.6 is 23.4 Å². The monoisotopic (exact) mass is 478 g/mol. The van der Waals surface area contributed by atoms with E-state index in [0.29, 0.717) is 28.2 Å². The van der Waals surface area contributed by atoms with Gasteiger partial charge in [-0.2, -0.15) is 0 Å². The van der Waals surface area contributed by atoms with E-state index in [2.05, 4.69) is 4.99 Å². The Morgan fingerprint density at radius 2 is 1.64 bits per heavy atom. The molecule has 0 atom stereocenters. The Morgan fingerprint density at radius 3 is 2.27 bits per heavy atom. The molecule has 7 heteroatoms. The van der Waals surface area contributed by atoms with E-state index >= 15 is 0 Å². The van der Waals surface area contributed by atoms with E-state index in [4.69, 9.17) is 21.1 Å². The molecule has 1 heterocycles. The summed E-state index contributed by atoms with van der Waals surface area (Å²) in [5, 5.41) is 1.37. The van der Waals surface area contributed by atoms with Gasteiger partial charge in [-0.25, -0.2) is 4.99 Å². The summed E-state index contributed by atoms with van der Waals surface area (Å²) in [5.41, 5.74) is 2.74. The molecule has 33 heavy (non-hydrogen) atoms. The minimum atomic E-state index is -0.0437. The highest BCUT2D eigenvalue weighted by atomic mass is 35.5. The molecule has 0 aliphatic carbocycles. The van der Waals surface area contributed by atoms with Crippen LogP contribution in [0.2, 0.25) is 5.02 Å². The molecule has 1 aliphatic heterocycles. The average molecular weight is 479 g/mol. The maximum absolute atomic E-state index is 12.9. The first-order chi connectivity index (χ1) is 16.1. The highest BCUT2D eigenvalue weighted by Gasteiger charge is 2.32. The summed E-state index contributed by atoms with van der Waals surface area (Å²) in [6, 6.07) is 22.7. The molecular weight excluding hydrogens is 456 g/mol. The lowest BCUT2D eigenvalue weighted by molar-refractivity contribution is -0.122. The lowest BCUT2D eigenvalue weighted by Gasteiger charge is -2.12. The fourth-order valence-corrected chi connectivity index (χ4v) is 4.38. The van der Waals surface area contributed by atoms with Crippen LogP contribution in [-0.4, -0.2) is 29.6 Å². The van der Waals surface area contributed by atoms with Crippen molar-refractivity contribution in [1.82, 2.24) is 4.90 Å². The third-order valence-corrected chi connectivity index (χ3v) is 6.26. The number of methoxy groups -OCH3 is 1. The highest BCUT2D eigenvalue weighted by molar-refractivity contribution is 8.18. The number of rotatable bonds is 7. The molecule has 1 aliphatic rings. The second-order valence-corrected chi connectivity index (χ2v) is 8.68. The number of likely N-dealkylation sites (N-methyl/N-ethyl adjacent to an activating group) is 1. The number of benzene rings is 3. The molecule has 1 saturated heterocycles. The van der Waals surface area contributed by atoms with Gasteiger partial charge in [0.15, 0.2) is 5.17 Å². The van der Waals surface area contributed by atoms with Gasteiger partial charge in [-0.1, -0.05) is 35.9 Å². The summed E-state index contributed by atoms with van der Waals surface area (Å²) in [7, 11) is 1.63. The van der Waals surface area contributed by atoms with Crippen LogP contribution < -0.4 is 9.47 Å². The van der Waals surface area contributed by atoms with Crippen LogP contribution in [0.15, 0.2) is 82.7 Å². The van der Waals surface area contributed by atoms with Gasteiger partial charge < -0.3 is 9.47 Å². The predicted octanol–water partition coefficient (Wildman–Crippen LogP) is 6.55. The lowest BCUT2D eigenvalue weighted by Crippen LogP contribution is -2.28. The van der Waals surface area contributed by atoms with Crippen LogP contribution in [0.1, 0.15) is 18.1 Å². The van der Waals surface area contributed by atoms with Gasteiger partial charge in [-0.15, -0.1) is 0 Å². The predicted molar refractivity (Wildman–Crippen MR) is 135 cm³/mol. The number of thioether (sulfide) groups is 1. The Hall–Kier alpha value is -3.22. The quantitative estimate of drug-likeness (QED) is 0.361. The second kappa shape index (κ2) is 10.6. The van der Waals surface area contributed by atoms with Gasteiger partial charge in [0, 0.05) is 11.6 Å². The van der Waals surface area contributed by atoms with E-state index in [1.807, 2.05) is 85.8 Å². The normalized spacial score (nSPS) is 16.0. The molecule has 0 radical (unpaired) electrons. The first-order valence-electron chi connectivity index (χ1n) is 10.5. The summed E-state index contributed by atoms with van der Waals surface area (Å²) in [5.74, 6) is 1.48. The summed E-state index contributed by atoms with van der Waals surface area (Å²) in [6.45, 7) is 2.95. The summed E-state index contributed by atoms with van der Waals surface area (Å²) in [6.07, 6.45) is 1.88. The smallest absolute Gasteiger partial charge is 0.266 e. The molecule has 0 aromatic heterocycles. The number of carbonyl (C=O) groups excluding carboxylic acids is 1. The summed E-state index contributed by atoms with van der Waals surface area (Å²) in [4.78, 5) is 19.9. The standard InChI is InChI=1S/C26H23ClN2O3S/c1-3-29-25(30)24(33-26(29)28-21-10-14-22(31-2)15-11-21)16-18-6-12-23(13-7-18)32-17-19-4-8-20(27)9-5-19/h4-16H,3,17H2,1-2H3/b24-16+,28-26?. The number of amides is 1. The van der Waals surface area contributed by atoms with Crippen LogP contribution in [-0.2, 0) is 11.4 Å². The highest BCUT2D eigenvalue weighted by Crippen LogP contribution is 2.34. The van der Waals surface area contributed by atoms with E-state index in [9.17, 15) is 4.79 Å². The van der Waals surface area contributed by atoms with Gasteiger partial charge in [0.2, 0.25) is 0 Å². The first kappa shape index (κ1) is 23.0. The van der Waals surface area contributed by atoms with Crippen molar-refractivity contribution in [3.05, 3.63) is 93.9 Å². The molecule has 1 fully saturated rings. The summed E-state index contributed by atoms with van der Waals surface area (Å²) < 4.78 is 11.0. The van der Waals surface area contributed by atoms with E-state index in [1.165, 1.54) is 11.8 Å². The van der Waals surface area contributed by atoms with Gasteiger partial charge in [0.05, 0.1) is 17.7 Å². The van der Waals surface area contributed by atoms with Crippen LogP contribution in [0.5, 0.6) is 11.5 Å².